The first kappa shape index (κ1) is 15.9. The molecule has 5 nitrogen and oxygen atoms in total. The number of nitrogens with one attached hydrogen (secondary N) is 1. The Morgan fingerprint density at radius 2 is 2.26 bits per heavy atom. The third kappa shape index (κ3) is 4.81. The molecule has 1 amide bonds. The van der Waals surface area contributed by atoms with Crippen LogP contribution < -0.4 is 15.8 Å². The minimum atomic E-state index is -0.596. The van der Waals surface area contributed by atoms with Gasteiger partial charge in [-0.15, -0.1) is 0 Å². The van der Waals surface area contributed by atoms with E-state index in [0.29, 0.717) is 25.4 Å². The molecule has 0 saturated carbocycles. The van der Waals surface area contributed by atoms with E-state index in [2.05, 4.69) is 21.2 Å². The highest BCUT2D eigenvalue weighted by Gasteiger charge is 2.17. The summed E-state index contributed by atoms with van der Waals surface area (Å²) < 4.78 is 11.3. The number of nitrogens with two attached hydrogens (primary N) is 1. The van der Waals surface area contributed by atoms with Gasteiger partial charge in [-0.1, -0.05) is 12.1 Å². The largest absolute Gasteiger partial charge is 0.479 e. The van der Waals surface area contributed by atoms with Crippen LogP contribution in [0.5, 0.6) is 5.75 Å². The Morgan fingerprint density at radius 3 is 2.89 bits per heavy atom. The first-order valence-corrected chi connectivity index (χ1v) is 6.80. The normalized spacial score (nSPS) is 12.0. The highest BCUT2D eigenvalue weighted by Crippen LogP contribution is 2.29. The van der Waals surface area contributed by atoms with Crippen molar-refractivity contribution in [3.05, 3.63) is 28.2 Å². The molecular formula is C13H19BrN2O3. The van der Waals surface area contributed by atoms with E-state index >= 15 is 0 Å². The predicted octanol–water partition coefficient (Wildman–Crippen LogP) is 1.44. The number of halogens is 1. The van der Waals surface area contributed by atoms with Crippen molar-refractivity contribution in [3.63, 3.8) is 0 Å². The SMILES string of the molecule is COCCNC(=O)C(C)Oc1c(Br)cccc1CN. The molecule has 0 spiro atoms. The molecular weight excluding hydrogens is 312 g/mol. The predicted molar refractivity (Wildman–Crippen MR) is 77.0 cm³/mol. The average Bonchev–Trinajstić information content (AvgIpc) is 2.41. The number of carbonyl (C=O) groups is 1. The van der Waals surface area contributed by atoms with Crippen molar-refractivity contribution in [3.8, 4) is 5.75 Å². The maximum Gasteiger partial charge on any atom is 0.260 e. The van der Waals surface area contributed by atoms with Crippen LogP contribution in [0.15, 0.2) is 22.7 Å². The molecule has 106 valence electrons. The first-order valence-electron chi connectivity index (χ1n) is 6.01. The van der Waals surface area contributed by atoms with Crippen LogP contribution in [0.1, 0.15) is 12.5 Å². The lowest BCUT2D eigenvalue weighted by Crippen LogP contribution is -2.38. The van der Waals surface area contributed by atoms with Gasteiger partial charge in [-0.2, -0.15) is 0 Å². The fourth-order valence-electron chi connectivity index (χ4n) is 1.50. The Morgan fingerprint density at radius 1 is 1.53 bits per heavy atom. The molecule has 3 N–H and O–H groups in total. The molecule has 1 rings (SSSR count). The van der Waals surface area contributed by atoms with Crippen LogP contribution in [0.3, 0.4) is 0 Å². The summed E-state index contributed by atoms with van der Waals surface area (Å²) in [6, 6.07) is 5.60. The van der Waals surface area contributed by atoms with Crippen LogP contribution >= 0.6 is 15.9 Å². The van der Waals surface area contributed by atoms with E-state index in [1.807, 2.05) is 18.2 Å². The summed E-state index contributed by atoms with van der Waals surface area (Å²) in [5.74, 6) is 0.426. The van der Waals surface area contributed by atoms with Crippen molar-refractivity contribution in [2.45, 2.75) is 19.6 Å². The fourth-order valence-corrected chi connectivity index (χ4v) is 2.00. The fraction of sp³-hybridized carbons (Fsp3) is 0.462. The van der Waals surface area contributed by atoms with Gasteiger partial charge >= 0.3 is 0 Å². The van der Waals surface area contributed by atoms with E-state index in [-0.39, 0.29) is 5.91 Å². The lowest BCUT2D eigenvalue weighted by molar-refractivity contribution is -0.127. The van der Waals surface area contributed by atoms with E-state index in [9.17, 15) is 4.79 Å². The lowest BCUT2D eigenvalue weighted by atomic mass is 10.2. The summed E-state index contributed by atoms with van der Waals surface area (Å²) in [6.07, 6.45) is -0.596. The van der Waals surface area contributed by atoms with Crippen LogP contribution in [-0.2, 0) is 16.1 Å². The summed E-state index contributed by atoms with van der Waals surface area (Å²) in [6.45, 7) is 2.99. The maximum absolute atomic E-state index is 11.8. The van der Waals surface area contributed by atoms with Crippen molar-refractivity contribution in [2.75, 3.05) is 20.3 Å². The molecule has 0 aliphatic rings. The number of hydrogen-bond acceptors (Lipinski definition) is 4. The molecule has 0 radical (unpaired) electrons. The number of rotatable bonds is 7. The summed E-state index contributed by atoms with van der Waals surface area (Å²) in [4.78, 5) is 11.8. The molecule has 0 aliphatic heterocycles. The van der Waals surface area contributed by atoms with Gasteiger partial charge in [0.2, 0.25) is 0 Å². The molecule has 0 saturated heterocycles. The molecule has 1 aromatic rings. The zero-order chi connectivity index (χ0) is 14.3. The highest BCUT2D eigenvalue weighted by molar-refractivity contribution is 9.10. The molecule has 0 heterocycles. The number of ether oxygens (including phenoxy) is 2. The van der Waals surface area contributed by atoms with Gasteiger partial charge in [0, 0.05) is 25.8 Å². The van der Waals surface area contributed by atoms with Crippen LogP contribution in [0.2, 0.25) is 0 Å². The standard InChI is InChI=1S/C13H19BrN2O3/c1-9(13(17)16-6-7-18-2)19-12-10(8-15)4-3-5-11(12)14/h3-5,9H,6-8,15H2,1-2H3,(H,16,17). The molecule has 19 heavy (non-hydrogen) atoms. The number of benzene rings is 1. The average molecular weight is 331 g/mol. The Balaban J connectivity index is 2.66. The molecule has 1 aromatic carbocycles. The van der Waals surface area contributed by atoms with Crippen LogP contribution in [0.4, 0.5) is 0 Å². The third-order valence-corrected chi connectivity index (χ3v) is 3.16. The first-order chi connectivity index (χ1) is 9.10. The number of methoxy groups -OCH3 is 1. The number of para-hydroxylation sites is 1. The zero-order valence-electron chi connectivity index (χ0n) is 11.1. The topological polar surface area (TPSA) is 73.6 Å². The lowest BCUT2D eigenvalue weighted by Gasteiger charge is -2.18. The smallest absolute Gasteiger partial charge is 0.260 e. The summed E-state index contributed by atoms with van der Waals surface area (Å²) >= 11 is 3.40. The third-order valence-electron chi connectivity index (χ3n) is 2.54. The van der Waals surface area contributed by atoms with Crippen molar-refractivity contribution in [2.24, 2.45) is 5.73 Å². The minimum Gasteiger partial charge on any atom is -0.479 e. The van der Waals surface area contributed by atoms with E-state index < -0.39 is 6.10 Å². The van der Waals surface area contributed by atoms with E-state index in [1.165, 1.54) is 0 Å². The molecule has 0 bridgehead atoms. The molecule has 6 heteroatoms. The minimum absolute atomic E-state index is 0.184. The molecule has 0 fully saturated rings. The Kier molecular flexibility index (Phi) is 6.83. The monoisotopic (exact) mass is 330 g/mol. The number of hydrogen-bond donors (Lipinski definition) is 2. The molecule has 1 atom stereocenters. The van der Waals surface area contributed by atoms with Crippen molar-refractivity contribution >= 4 is 21.8 Å². The van der Waals surface area contributed by atoms with Crippen LogP contribution in [0, 0.1) is 0 Å². The van der Waals surface area contributed by atoms with Crippen LogP contribution in [0.25, 0.3) is 0 Å². The van der Waals surface area contributed by atoms with Gasteiger partial charge in [-0.05, 0) is 28.9 Å². The summed E-state index contributed by atoms with van der Waals surface area (Å²) in [5, 5.41) is 2.73. The highest BCUT2D eigenvalue weighted by atomic mass is 79.9. The van der Waals surface area contributed by atoms with Crippen molar-refractivity contribution in [1.82, 2.24) is 5.32 Å². The Labute approximate surface area is 121 Å². The second-order valence-corrected chi connectivity index (χ2v) is 4.83. The van der Waals surface area contributed by atoms with E-state index in [0.717, 1.165) is 10.0 Å². The van der Waals surface area contributed by atoms with Crippen molar-refractivity contribution in [1.29, 1.82) is 0 Å². The number of carbonyl (C=O) groups excluding carboxylic acids is 1. The second-order valence-electron chi connectivity index (χ2n) is 3.98. The van der Waals surface area contributed by atoms with Crippen molar-refractivity contribution < 1.29 is 14.3 Å². The van der Waals surface area contributed by atoms with Gasteiger partial charge in [0.05, 0.1) is 11.1 Å². The second kappa shape index (κ2) is 8.14. The Hall–Kier alpha value is -1.11. The molecule has 1 unspecified atom stereocenters. The zero-order valence-corrected chi connectivity index (χ0v) is 12.7. The summed E-state index contributed by atoms with van der Waals surface area (Å²) in [7, 11) is 1.58. The Bertz CT molecular complexity index is 426. The maximum atomic E-state index is 11.8. The quantitative estimate of drug-likeness (QED) is 0.742. The van der Waals surface area contributed by atoms with Crippen LogP contribution in [-0.4, -0.2) is 32.3 Å². The number of amides is 1. The van der Waals surface area contributed by atoms with Gasteiger partial charge in [0.15, 0.2) is 6.10 Å². The van der Waals surface area contributed by atoms with Gasteiger partial charge in [0.25, 0.3) is 5.91 Å². The summed E-state index contributed by atoms with van der Waals surface area (Å²) in [5.41, 5.74) is 6.50. The van der Waals surface area contributed by atoms with E-state index in [4.69, 9.17) is 15.2 Å². The van der Waals surface area contributed by atoms with Gasteiger partial charge in [0.1, 0.15) is 5.75 Å². The molecule has 0 aliphatic carbocycles. The molecule has 0 aromatic heterocycles. The van der Waals surface area contributed by atoms with E-state index in [1.54, 1.807) is 14.0 Å². The van der Waals surface area contributed by atoms with Gasteiger partial charge in [-0.25, -0.2) is 0 Å². The van der Waals surface area contributed by atoms with Gasteiger partial charge in [-0.3, -0.25) is 4.79 Å². The van der Waals surface area contributed by atoms with Gasteiger partial charge < -0.3 is 20.5 Å².